The molecule has 2 aliphatic carbocycles. The number of aliphatic hydroxyl groups excluding tert-OH is 2. The van der Waals surface area contributed by atoms with Crippen LogP contribution in [-0.4, -0.2) is 60.9 Å². The highest BCUT2D eigenvalue weighted by Gasteiger charge is 2.46. The van der Waals surface area contributed by atoms with Crippen LogP contribution in [-0.2, 0) is 0 Å². The van der Waals surface area contributed by atoms with Crippen LogP contribution in [0.5, 0.6) is 0 Å². The number of rotatable bonds is 7. The lowest BCUT2D eigenvalue weighted by molar-refractivity contribution is -0.0333. The van der Waals surface area contributed by atoms with Crippen molar-refractivity contribution in [2.24, 2.45) is 11.8 Å². The van der Waals surface area contributed by atoms with Gasteiger partial charge in [-0.25, -0.2) is 18.7 Å². The SMILES string of the molecule is Cc1nc(N[C@H](C)C2CC2)nc(N[C@@H]2C[C@H](C(F)F)[C@@H](O)[C@H]2O)c1-c1nc2c(C)nccc2s1. The van der Waals surface area contributed by atoms with Crippen LogP contribution in [0.15, 0.2) is 12.3 Å². The number of anilines is 2. The summed E-state index contributed by atoms with van der Waals surface area (Å²) in [5, 5.41) is 27.8. The average molecular weight is 491 g/mol. The highest BCUT2D eigenvalue weighted by atomic mass is 32.1. The molecule has 11 heteroatoms. The zero-order valence-electron chi connectivity index (χ0n) is 19.2. The van der Waals surface area contributed by atoms with Crippen molar-refractivity contribution in [3.63, 3.8) is 0 Å². The van der Waals surface area contributed by atoms with Gasteiger partial charge in [0, 0.05) is 12.2 Å². The molecule has 2 fully saturated rings. The first kappa shape index (κ1) is 23.3. The Hall–Kier alpha value is -2.50. The molecule has 34 heavy (non-hydrogen) atoms. The Bertz CT molecular complexity index is 1200. The fourth-order valence-electron chi connectivity index (χ4n) is 4.64. The molecule has 3 heterocycles. The van der Waals surface area contributed by atoms with E-state index in [4.69, 9.17) is 4.98 Å². The van der Waals surface area contributed by atoms with Crippen molar-refractivity contribution in [3.05, 3.63) is 23.7 Å². The second kappa shape index (κ2) is 8.94. The molecule has 2 saturated carbocycles. The lowest BCUT2D eigenvalue weighted by Gasteiger charge is -2.22. The van der Waals surface area contributed by atoms with Gasteiger partial charge in [-0.05, 0) is 52.0 Å². The number of nitrogens with one attached hydrogen (secondary N) is 2. The van der Waals surface area contributed by atoms with Gasteiger partial charge in [-0.15, -0.1) is 11.3 Å². The smallest absolute Gasteiger partial charge is 0.244 e. The van der Waals surface area contributed by atoms with Gasteiger partial charge in [-0.3, -0.25) is 4.98 Å². The van der Waals surface area contributed by atoms with E-state index in [0.717, 1.165) is 28.8 Å². The summed E-state index contributed by atoms with van der Waals surface area (Å²) in [7, 11) is 0. The van der Waals surface area contributed by atoms with Crippen molar-refractivity contribution < 1.29 is 19.0 Å². The molecule has 0 bridgehead atoms. The Kier molecular flexibility index (Phi) is 6.11. The first-order valence-corrected chi connectivity index (χ1v) is 12.3. The Morgan fingerprint density at radius 2 is 1.85 bits per heavy atom. The maximum absolute atomic E-state index is 13.4. The van der Waals surface area contributed by atoms with Gasteiger partial charge in [-0.2, -0.15) is 4.98 Å². The van der Waals surface area contributed by atoms with Crippen LogP contribution in [0, 0.1) is 25.7 Å². The number of alkyl halides is 2. The quantitative estimate of drug-likeness (QED) is 0.396. The van der Waals surface area contributed by atoms with Gasteiger partial charge in [0.2, 0.25) is 12.4 Å². The van der Waals surface area contributed by atoms with Crippen molar-refractivity contribution in [1.82, 2.24) is 19.9 Å². The van der Waals surface area contributed by atoms with Crippen LogP contribution >= 0.6 is 11.3 Å². The molecule has 0 unspecified atom stereocenters. The lowest BCUT2D eigenvalue weighted by Crippen LogP contribution is -2.36. The number of aryl methyl sites for hydroxylation is 2. The standard InChI is InChI=1S/C23H28F2N6O2S/c1-9(12-4-5-12)27-23-28-10(2)16(22-30-17-11(3)26-7-6-15(17)34-22)21(31-23)29-14-8-13(20(24)25)18(32)19(14)33/h6-7,9,12-14,18-20,32-33H,4-5,8H2,1-3H3,(H2,27,28,29,31)/t9-,13+,14-,18-,19+/m1/s1. The van der Waals surface area contributed by atoms with Crippen molar-refractivity contribution >= 4 is 33.3 Å². The fourth-order valence-corrected chi connectivity index (χ4v) is 5.75. The molecule has 182 valence electrons. The molecular weight excluding hydrogens is 462 g/mol. The molecule has 5 atom stereocenters. The van der Waals surface area contributed by atoms with Crippen molar-refractivity contribution in [3.8, 4) is 10.6 Å². The van der Waals surface area contributed by atoms with E-state index in [9.17, 15) is 19.0 Å². The molecule has 3 aromatic rings. The number of pyridine rings is 1. The first-order chi connectivity index (χ1) is 16.2. The molecule has 0 amide bonds. The maximum Gasteiger partial charge on any atom is 0.244 e. The fraction of sp³-hybridized carbons (Fsp3) is 0.565. The summed E-state index contributed by atoms with van der Waals surface area (Å²) in [4.78, 5) is 18.4. The van der Waals surface area contributed by atoms with Gasteiger partial charge in [0.05, 0.1) is 39.7 Å². The molecule has 0 spiro atoms. The monoisotopic (exact) mass is 490 g/mol. The van der Waals surface area contributed by atoms with Gasteiger partial charge < -0.3 is 20.8 Å². The molecule has 0 radical (unpaired) electrons. The predicted octanol–water partition coefficient (Wildman–Crippen LogP) is 3.76. The second-order valence-corrected chi connectivity index (χ2v) is 10.4. The summed E-state index contributed by atoms with van der Waals surface area (Å²) in [5.41, 5.74) is 2.91. The zero-order valence-corrected chi connectivity index (χ0v) is 20.0. The summed E-state index contributed by atoms with van der Waals surface area (Å²) >= 11 is 1.47. The Labute approximate surface area is 199 Å². The molecule has 8 nitrogen and oxygen atoms in total. The summed E-state index contributed by atoms with van der Waals surface area (Å²) in [5.74, 6) is 0.107. The number of fused-ring (bicyclic) bond motifs is 1. The van der Waals surface area contributed by atoms with Gasteiger partial charge in [0.1, 0.15) is 22.4 Å². The number of nitrogens with zero attached hydrogens (tertiary/aromatic N) is 4. The van der Waals surface area contributed by atoms with E-state index in [2.05, 4.69) is 32.5 Å². The van der Waals surface area contributed by atoms with Crippen LogP contribution in [0.4, 0.5) is 20.5 Å². The van der Waals surface area contributed by atoms with Crippen LogP contribution < -0.4 is 10.6 Å². The van der Waals surface area contributed by atoms with Gasteiger partial charge in [-0.1, -0.05) is 0 Å². The van der Waals surface area contributed by atoms with E-state index in [1.165, 1.54) is 11.3 Å². The molecule has 3 aromatic heterocycles. The number of hydrogen-bond acceptors (Lipinski definition) is 9. The topological polar surface area (TPSA) is 116 Å². The summed E-state index contributed by atoms with van der Waals surface area (Å²) < 4.78 is 27.7. The largest absolute Gasteiger partial charge is 0.390 e. The van der Waals surface area contributed by atoms with Gasteiger partial charge in [0.15, 0.2) is 0 Å². The third kappa shape index (κ3) is 4.32. The number of hydrogen-bond donors (Lipinski definition) is 4. The predicted molar refractivity (Wildman–Crippen MR) is 127 cm³/mol. The molecule has 5 rings (SSSR count). The summed E-state index contributed by atoms with van der Waals surface area (Å²) in [6.45, 7) is 5.83. The molecular formula is C23H28F2N6O2S. The van der Waals surface area contributed by atoms with Crippen molar-refractivity contribution in [2.45, 2.75) is 70.8 Å². The summed E-state index contributed by atoms with van der Waals surface area (Å²) in [6.07, 6.45) is -1.59. The normalized spacial score (nSPS) is 25.8. The molecule has 0 aromatic carbocycles. The highest BCUT2D eigenvalue weighted by molar-refractivity contribution is 7.21. The van der Waals surface area contributed by atoms with Crippen molar-refractivity contribution in [2.75, 3.05) is 10.6 Å². The zero-order chi connectivity index (χ0) is 24.1. The number of thiazole rings is 1. The maximum atomic E-state index is 13.4. The van der Waals surface area contributed by atoms with E-state index >= 15 is 0 Å². The van der Waals surface area contributed by atoms with E-state index in [1.807, 2.05) is 19.9 Å². The lowest BCUT2D eigenvalue weighted by atomic mass is 10.1. The van der Waals surface area contributed by atoms with Gasteiger partial charge >= 0.3 is 0 Å². The van der Waals surface area contributed by atoms with Crippen LogP contribution in [0.2, 0.25) is 0 Å². The Balaban J connectivity index is 1.55. The number of aliphatic hydroxyl groups is 2. The minimum Gasteiger partial charge on any atom is -0.390 e. The Morgan fingerprint density at radius 3 is 2.50 bits per heavy atom. The number of halogens is 2. The molecule has 0 saturated heterocycles. The molecule has 4 N–H and O–H groups in total. The first-order valence-electron chi connectivity index (χ1n) is 11.5. The van der Waals surface area contributed by atoms with E-state index in [-0.39, 0.29) is 12.5 Å². The molecule has 2 aliphatic rings. The van der Waals surface area contributed by atoms with Gasteiger partial charge in [0.25, 0.3) is 0 Å². The van der Waals surface area contributed by atoms with Crippen LogP contribution in [0.25, 0.3) is 20.8 Å². The highest BCUT2D eigenvalue weighted by Crippen LogP contribution is 2.40. The van der Waals surface area contributed by atoms with E-state index in [0.29, 0.717) is 33.9 Å². The second-order valence-electron chi connectivity index (χ2n) is 9.35. The van der Waals surface area contributed by atoms with E-state index in [1.54, 1.807) is 6.20 Å². The van der Waals surface area contributed by atoms with Crippen LogP contribution in [0.3, 0.4) is 0 Å². The minimum atomic E-state index is -2.72. The van der Waals surface area contributed by atoms with Crippen molar-refractivity contribution in [1.29, 1.82) is 0 Å². The van der Waals surface area contributed by atoms with E-state index < -0.39 is 30.6 Å². The Morgan fingerprint density at radius 1 is 1.09 bits per heavy atom. The van der Waals surface area contributed by atoms with Crippen LogP contribution in [0.1, 0.15) is 37.6 Å². The number of aromatic nitrogens is 4. The molecule has 0 aliphatic heterocycles. The third-order valence-electron chi connectivity index (χ3n) is 6.85. The third-order valence-corrected chi connectivity index (χ3v) is 7.89. The minimum absolute atomic E-state index is 0.0768. The average Bonchev–Trinajstić information content (AvgIpc) is 3.48. The summed E-state index contributed by atoms with van der Waals surface area (Å²) in [6, 6.07) is 1.31.